The molecule has 2 aromatic heterocycles. The molecule has 0 atom stereocenters. The van der Waals surface area contributed by atoms with E-state index in [4.69, 9.17) is 20.8 Å². The van der Waals surface area contributed by atoms with Gasteiger partial charge in [0.15, 0.2) is 5.13 Å². The number of amides is 1. The van der Waals surface area contributed by atoms with Gasteiger partial charge in [-0.3, -0.25) is 19.4 Å². The third kappa shape index (κ3) is 4.52. The van der Waals surface area contributed by atoms with E-state index in [1.165, 1.54) is 17.6 Å². The van der Waals surface area contributed by atoms with Crippen LogP contribution >= 0.6 is 22.9 Å². The number of rotatable bonds is 6. The van der Waals surface area contributed by atoms with E-state index < -0.39 is 5.91 Å². The van der Waals surface area contributed by atoms with E-state index in [-0.39, 0.29) is 11.0 Å². The number of halogens is 1. The fraction of sp³-hybridized carbons (Fsp3) is 0.292. The molecule has 7 nitrogen and oxygen atoms in total. The van der Waals surface area contributed by atoms with E-state index in [2.05, 4.69) is 9.88 Å². The summed E-state index contributed by atoms with van der Waals surface area (Å²) < 4.78 is 11.9. The molecule has 1 aliphatic heterocycles. The lowest BCUT2D eigenvalue weighted by atomic mass is 10.1. The van der Waals surface area contributed by atoms with Gasteiger partial charge >= 0.3 is 0 Å². The van der Waals surface area contributed by atoms with Crippen LogP contribution < -0.4 is 10.3 Å². The normalized spacial score (nSPS) is 14.7. The summed E-state index contributed by atoms with van der Waals surface area (Å²) in [5.41, 5.74) is 0.741. The number of carbonyl (C=O) groups excluding carboxylic acids is 1. The Morgan fingerprint density at radius 3 is 2.79 bits per heavy atom. The second-order valence-electron chi connectivity index (χ2n) is 7.82. The van der Waals surface area contributed by atoms with Crippen LogP contribution in [0.15, 0.2) is 57.9 Å². The minimum Gasteiger partial charge on any atom is -0.463 e. The Morgan fingerprint density at radius 1 is 1.15 bits per heavy atom. The first-order valence-electron chi connectivity index (χ1n) is 10.8. The molecule has 33 heavy (non-hydrogen) atoms. The standard InChI is InChI=1S/C24H22ClN3O4S/c25-18-6-3-8-20-21(18)26-24(33-20)28(10-4-9-27-11-13-31-14-12-27)23(30)17-15-32-19-7-2-1-5-16(19)22(17)29/h1-3,5-8,15H,4,9-14H2. The van der Waals surface area contributed by atoms with Crippen molar-refractivity contribution in [2.24, 2.45) is 0 Å². The minimum atomic E-state index is -0.424. The zero-order valence-corrected chi connectivity index (χ0v) is 19.4. The summed E-state index contributed by atoms with van der Waals surface area (Å²) in [6.45, 7) is 4.43. The van der Waals surface area contributed by atoms with Crippen molar-refractivity contribution >= 4 is 55.2 Å². The number of aromatic nitrogens is 1. The summed E-state index contributed by atoms with van der Waals surface area (Å²) in [7, 11) is 0. The number of morpholine rings is 1. The fourth-order valence-electron chi connectivity index (χ4n) is 3.95. The molecule has 0 unspecified atom stereocenters. The molecule has 2 aromatic carbocycles. The van der Waals surface area contributed by atoms with Crippen molar-refractivity contribution in [3.05, 3.63) is 69.5 Å². The maximum atomic E-state index is 13.6. The summed E-state index contributed by atoms with van der Waals surface area (Å²) in [6.07, 6.45) is 1.98. The summed E-state index contributed by atoms with van der Waals surface area (Å²) in [5.74, 6) is -0.424. The van der Waals surface area contributed by atoms with E-state index in [9.17, 15) is 9.59 Å². The predicted octanol–water partition coefficient (Wildman–Crippen LogP) is 4.43. The lowest BCUT2D eigenvalue weighted by molar-refractivity contribution is 0.0376. The lowest BCUT2D eigenvalue weighted by Gasteiger charge is -2.27. The fourth-order valence-corrected chi connectivity index (χ4v) is 5.24. The number of nitrogens with zero attached hydrogens (tertiary/aromatic N) is 3. The zero-order chi connectivity index (χ0) is 22.8. The Hall–Kier alpha value is -2.78. The molecular formula is C24H22ClN3O4S. The molecule has 1 amide bonds. The summed E-state index contributed by atoms with van der Waals surface area (Å²) >= 11 is 7.71. The SMILES string of the molecule is O=C(c1coc2ccccc2c1=O)N(CCCN1CCOCC1)c1nc2c(Cl)cccc2s1. The van der Waals surface area contributed by atoms with E-state index >= 15 is 0 Å². The van der Waals surface area contributed by atoms with E-state index in [1.807, 2.05) is 12.1 Å². The highest BCUT2D eigenvalue weighted by molar-refractivity contribution is 7.22. The maximum absolute atomic E-state index is 13.6. The number of benzene rings is 2. The highest BCUT2D eigenvalue weighted by Gasteiger charge is 2.25. The van der Waals surface area contributed by atoms with Crippen molar-refractivity contribution in [3.63, 3.8) is 0 Å². The van der Waals surface area contributed by atoms with Crippen molar-refractivity contribution in [1.29, 1.82) is 0 Å². The highest BCUT2D eigenvalue weighted by atomic mass is 35.5. The minimum absolute atomic E-state index is 0.00887. The molecule has 1 aliphatic rings. The number of thiazole rings is 1. The third-order valence-electron chi connectivity index (χ3n) is 5.70. The van der Waals surface area contributed by atoms with E-state index in [0.29, 0.717) is 33.2 Å². The average molecular weight is 484 g/mol. The third-order valence-corrected chi connectivity index (χ3v) is 7.05. The zero-order valence-electron chi connectivity index (χ0n) is 17.8. The van der Waals surface area contributed by atoms with Crippen LogP contribution in [0, 0.1) is 0 Å². The second kappa shape index (κ2) is 9.61. The van der Waals surface area contributed by atoms with E-state index in [0.717, 1.165) is 44.0 Å². The van der Waals surface area contributed by atoms with Crippen LogP contribution in [0.5, 0.6) is 0 Å². The van der Waals surface area contributed by atoms with Crippen molar-refractivity contribution in [3.8, 4) is 0 Å². The lowest BCUT2D eigenvalue weighted by Crippen LogP contribution is -2.40. The number of hydrogen-bond acceptors (Lipinski definition) is 7. The number of fused-ring (bicyclic) bond motifs is 2. The van der Waals surface area contributed by atoms with Gasteiger partial charge in [0.2, 0.25) is 5.43 Å². The predicted molar refractivity (Wildman–Crippen MR) is 131 cm³/mol. The number of ether oxygens (including phenoxy) is 1. The molecule has 0 aliphatic carbocycles. The first-order valence-corrected chi connectivity index (χ1v) is 12.0. The molecular weight excluding hydrogens is 462 g/mol. The quantitative estimate of drug-likeness (QED) is 0.404. The topological polar surface area (TPSA) is 75.9 Å². The Bertz CT molecular complexity index is 1360. The van der Waals surface area contributed by atoms with Gasteiger partial charge in [-0.15, -0.1) is 0 Å². The summed E-state index contributed by atoms with van der Waals surface area (Å²) in [6, 6.07) is 12.5. The van der Waals surface area contributed by atoms with Gasteiger partial charge in [0.25, 0.3) is 5.91 Å². The van der Waals surface area contributed by atoms with Crippen LogP contribution in [0.4, 0.5) is 5.13 Å². The van der Waals surface area contributed by atoms with Crippen LogP contribution in [0.25, 0.3) is 21.2 Å². The van der Waals surface area contributed by atoms with Crippen LogP contribution in [0.1, 0.15) is 16.8 Å². The molecule has 3 heterocycles. The number of anilines is 1. The van der Waals surface area contributed by atoms with Crippen LogP contribution in [0.2, 0.25) is 5.02 Å². The van der Waals surface area contributed by atoms with Gasteiger partial charge in [0.05, 0.1) is 28.3 Å². The Kier molecular flexibility index (Phi) is 6.41. The molecule has 0 N–H and O–H groups in total. The van der Waals surface area contributed by atoms with E-state index in [1.54, 1.807) is 35.2 Å². The van der Waals surface area contributed by atoms with Gasteiger partial charge in [-0.05, 0) is 30.7 Å². The number of carbonyl (C=O) groups is 1. The molecule has 0 spiro atoms. The maximum Gasteiger partial charge on any atom is 0.267 e. The first kappa shape index (κ1) is 22.0. The number of hydrogen-bond donors (Lipinski definition) is 0. The molecule has 0 radical (unpaired) electrons. The van der Waals surface area contributed by atoms with Crippen molar-refractivity contribution in [1.82, 2.24) is 9.88 Å². The van der Waals surface area contributed by atoms with Crippen molar-refractivity contribution < 1.29 is 13.9 Å². The van der Waals surface area contributed by atoms with Crippen molar-refractivity contribution in [2.75, 3.05) is 44.3 Å². The molecule has 5 rings (SSSR count). The molecule has 0 bridgehead atoms. The molecule has 1 fully saturated rings. The van der Waals surface area contributed by atoms with Gasteiger partial charge in [-0.25, -0.2) is 4.98 Å². The summed E-state index contributed by atoms with van der Waals surface area (Å²) in [4.78, 5) is 35.2. The average Bonchev–Trinajstić information content (AvgIpc) is 3.28. The molecule has 170 valence electrons. The van der Waals surface area contributed by atoms with Crippen LogP contribution in [-0.2, 0) is 4.74 Å². The first-order chi connectivity index (χ1) is 16.1. The van der Waals surface area contributed by atoms with Crippen LogP contribution in [0.3, 0.4) is 0 Å². The van der Waals surface area contributed by atoms with Gasteiger partial charge in [0.1, 0.15) is 22.9 Å². The Labute approximate surface area is 199 Å². The molecule has 9 heteroatoms. The highest BCUT2D eigenvalue weighted by Crippen LogP contribution is 2.33. The molecule has 1 saturated heterocycles. The molecule has 0 saturated carbocycles. The summed E-state index contributed by atoms with van der Waals surface area (Å²) in [5, 5.41) is 1.42. The van der Waals surface area contributed by atoms with Gasteiger partial charge in [-0.2, -0.15) is 0 Å². The van der Waals surface area contributed by atoms with Crippen LogP contribution in [-0.4, -0.2) is 55.2 Å². The largest absolute Gasteiger partial charge is 0.463 e. The van der Waals surface area contributed by atoms with Gasteiger partial charge in [-0.1, -0.05) is 41.1 Å². The van der Waals surface area contributed by atoms with Gasteiger partial charge < -0.3 is 9.15 Å². The smallest absolute Gasteiger partial charge is 0.267 e. The number of para-hydroxylation sites is 2. The Morgan fingerprint density at radius 2 is 1.97 bits per heavy atom. The Balaban J connectivity index is 1.48. The monoisotopic (exact) mass is 483 g/mol. The van der Waals surface area contributed by atoms with Crippen molar-refractivity contribution in [2.45, 2.75) is 6.42 Å². The molecule has 4 aromatic rings. The van der Waals surface area contributed by atoms with Gasteiger partial charge in [0, 0.05) is 26.2 Å². The second-order valence-corrected chi connectivity index (χ2v) is 9.24.